The number of fused-ring (bicyclic) bond motifs is 1. The van der Waals surface area contributed by atoms with E-state index in [9.17, 15) is 9.59 Å². The molecule has 4 heteroatoms. The van der Waals surface area contributed by atoms with Gasteiger partial charge < -0.3 is 9.47 Å². The Morgan fingerprint density at radius 2 is 1.33 bits per heavy atom. The zero-order chi connectivity index (χ0) is 15.0. The predicted octanol–water partition coefficient (Wildman–Crippen LogP) is 2.31. The maximum atomic E-state index is 12.0. The van der Waals surface area contributed by atoms with E-state index >= 15 is 0 Å². The summed E-state index contributed by atoms with van der Waals surface area (Å²) >= 11 is 0. The largest absolute Gasteiger partial charge is 0.469 e. The molecule has 0 N–H and O–H groups in total. The highest BCUT2D eigenvalue weighted by molar-refractivity contribution is 5.93. The van der Waals surface area contributed by atoms with Crippen molar-refractivity contribution in [1.82, 2.24) is 0 Å². The third kappa shape index (κ3) is 1.98. The highest BCUT2D eigenvalue weighted by Gasteiger charge is 2.70. The van der Waals surface area contributed by atoms with Gasteiger partial charge in [0.25, 0.3) is 0 Å². The number of carbonyl (C=O) groups excluding carboxylic acids is 2. The van der Waals surface area contributed by atoms with Crippen molar-refractivity contribution in [2.45, 2.75) is 0 Å². The van der Waals surface area contributed by atoms with E-state index in [-0.39, 0.29) is 11.9 Å². The number of methoxy groups -OCH3 is 2. The lowest BCUT2D eigenvalue weighted by Gasteiger charge is -2.05. The molecule has 4 nitrogen and oxygen atoms in total. The third-order valence-corrected chi connectivity index (χ3v) is 4.31. The Morgan fingerprint density at radius 1 is 0.905 bits per heavy atom. The second kappa shape index (κ2) is 4.88. The van der Waals surface area contributed by atoms with Gasteiger partial charge in [0.2, 0.25) is 0 Å². The summed E-state index contributed by atoms with van der Waals surface area (Å²) in [5, 5.41) is 0. The van der Waals surface area contributed by atoms with Crippen molar-refractivity contribution in [3.05, 3.63) is 47.5 Å². The standard InChI is InChI=1S/C17H16O4/c1-20-15(18)13-14(16(19)21-2)17(13)9-7-11-5-3-4-6-12(11)8-10-17/h3-10,13-14H,1-2H3/t13-,14+. The van der Waals surface area contributed by atoms with Gasteiger partial charge in [-0.2, -0.15) is 0 Å². The van der Waals surface area contributed by atoms with Crippen LogP contribution in [0.5, 0.6) is 0 Å². The molecule has 0 heterocycles. The molecular formula is C17H16O4. The Morgan fingerprint density at radius 3 is 1.71 bits per heavy atom. The van der Waals surface area contributed by atoms with Crippen LogP contribution in [0.2, 0.25) is 0 Å². The number of hydrogen-bond acceptors (Lipinski definition) is 4. The van der Waals surface area contributed by atoms with Crippen LogP contribution in [0.15, 0.2) is 36.4 Å². The van der Waals surface area contributed by atoms with E-state index in [1.807, 2.05) is 48.6 Å². The van der Waals surface area contributed by atoms with Crippen LogP contribution in [0.25, 0.3) is 12.2 Å². The Labute approximate surface area is 123 Å². The van der Waals surface area contributed by atoms with Gasteiger partial charge in [-0.1, -0.05) is 48.6 Å². The summed E-state index contributed by atoms with van der Waals surface area (Å²) in [6.45, 7) is 0. The van der Waals surface area contributed by atoms with Crippen molar-refractivity contribution in [3.8, 4) is 0 Å². The Kier molecular flexibility index (Phi) is 3.16. The van der Waals surface area contributed by atoms with Crippen LogP contribution in [-0.4, -0.2) is 26.2 Å². The minimum absolute atomic E-state index is 0.384. The number of rotatable bonds is 2. The van der Waals surface area contributed by atoms with Crippen LogP contribution < -0.4 is 0 Å². The Balaban J connectivity index is 2.02. The van der Waals surface area contributed by atoms with Gasteiger partial charge in [0.1, 0.15) is 0 Å². The molecule has 2 aliphatic carbocycles. The zero-order valence-corrected chi connectivity index (χ0v) is 11.9. The van der Waals surface area contributed by atoms with Crippen molar-refractivity contribution >= 4 is 24.1 Å². The second-order valence-corrected chi connectivity index (χ2v) is 5.30. The van der Waals surface area contributed by atoms with Gasteiger partial charge >= 0.3 is 11.9 Å². The van der Waals surface area contributed by atoms with E-state index in [0.29, 0.717) is 0 Å². The van der Waals surface area contributed by atoms with Crippen molar-refractivity contribution in [1.29, 1.82) is 0 Å². The normalized spacial score (nSPS) is 24.1. The van der Waals surface area contributed by atoms with Crippen LogP contribution in [-0.2, 0) is 19.1 Å². The lowest BCUT2D eigenvalue weighted by atomic mass is 10.0. The molecule has 0 aromatic heterocycles. The van der Waals surface area contributed by atoms with Gasteiger partial charge in [0.15, 0.2) is 0 Å². The number of ether oxygens (including phenoxy) is 2. The van der Waals surface area contributed by atoms with E-state index in [2.05, 4.69) is 0 Å². The zero-order valence-electron chi connectivity index (χ0n) is 11.9. The fourth-order valence-corrected chi connectivity index (χ4v) is 3.11. The number of benzene rings is 1. The fraction of sp³-hybridized carbons (Fsp3) is 0.294. The molecule has 1 aromatic rings. The number of hydrogen-bond donors (Lipinski definition) is 0. The summed E-state index contributed by atoms with van der Waals surface area (Å²) in [5.41, 5.74) is 1.48. The van der Waals surface area contributed by atoms with E-state index in [0.717, 1.165) is 11.1 Å². The highest BCUT2D eigenvalue weighted by atomic mass is 16.5. The number of carbonyl (C=O) groups is 2. The Hall–Kier alpha value is -2.36. The first kappa shape index (κ1) is 13.6. The molecule has 0 unspecified atom stereocenters. The smallest absolute Gasteiger partial charge is 0.310 e. The molecule has 0 radical (unpaired) electrons. The summed E-state index contributed by atoms with van der Waals surface area (Å²) < 4.78 is 9.66. The van der Waals surface area contributed by atoms with E-state index in [1.165, 1.54) is 14.2 Å². The molecule has 0 saturated heterocycles. The second-order valence-electron chi connectivity index (χ2n) is 5.30. The van der Waals surface area contributed by atoms with Crippen molar-refractivity contribution in [2.75, 3.05) is 14.2 Å². The molecular weight excluding hydrogens is 268 g/mol. The van der Waals surface area contributed by atoms with Crippen LogP contribution in [0.4, 0.5) is 0 Å². The number of allylic oxidation sites excluding steroid dienone is 2. The van der Waals surface area contributed by atoms with Crippen LogP contribution >= 0.6 is 0 Å². The maximum absolute atomic E-state index is 12.0. The maximum Gasteiger partial charge on any atom is 0.310 e. The minimum Gasteiger partial charge on any atom is -0.469 e. The van der Waals surface area contributed by atoms with Crippen LogP contribution in [0.1, 0.15) is 11.1 Å². The first-order valence-electron chi connectivity index (χ1n) is 6.77. The van der Waals surface area contributed by atoms with Crippen molar-refractivity contribution < 1.29 is 19.1 Å². The molecule has 108 valence electrons. The molecule has 21 heavy (non-hydrogen) atoms. The van der Waals surface area contributed by atoms with Gasteiger partial charge in [-0.25, -0.2) is 0 Å². The van der Waals surface area contributed by atoms with Gasteiger partial charge in [-0.15, -0.1) is 0 Å². The number of esters is 2. The van der Waals surface area contributed by atoms with Gasteiger partial charge in [0.05, 0.1) is 26.1 Å². The summed E-state index contributed by atoms with van der Waals surface area (Å²) in [5.74, 6) is -1.80. The average molecular weight is 284 g/mol. The SMILES string of the molecule is COC(=O)[C@@H]1[C@H](C(=O)OC)C12C=Cc1ccccc1C=C2. The first-order valence-corrected chi connectivity index (χ1v) is 6.77. The minimum atomic E-state index is -0.640. The Bertz CT molecular complexity index is 600. The molecule has 1 spiro atoms. The van der Waals surface area contributed by atoms with Gasteiger partial charge in [0, 0.05) is 5.41 Å². The van der Waals surface area contributed by atoms with E-state index in [1.54, 1.807) is 0 Å². The fourth-order valence-electron chi connectivity index (χ4n) is 3.11. The monoisotopic (exact) mass is 284 g/mol. The van der Waals surface area contributed by atoms with Crippen LogP contribution in [0.3, 0.4) is 0 Å². The lowest BCUT2D eigenvalue weighted by Crippen LogP contribution is -2.10. The first-order chi connectivity index (χ1) is 10.1. The molecule has 3 rings (SSSR count). The van der Waals surface area contributed by atoms with Gasteiger partial charge in [-0.3, -0.25) is 9.59 Å². The van der Waals surface area contributed by atoms with E-state index < -0.39 is 17.3 Å². The topological polar surface area (TPSA) is 52.6 Å². The van der Waals surface area contributed by atoms with E-state index in [4.69, 9.17) is 9.47 Å². The quantitative estimate of drug-likeness (QED) is 0.782. The molecule has 2 aliphatic rings. The molecule has 1 saturated carbocycles. The average Bonchev–Trinajstić information content (AvgIpc) is 3.23. The molecule has 0 amide bonds. The van der Waals surface area contributed by atoms with Crippen LogP contribution in [0, 0.1) is 17.3 Å². The third-order valence-electron chi connectivity index (χ3n) is 4.31. The van der Waals surface area contributed by atoms with Crippen molar-refractivity contribution in [3.63, 3.8) is 0 Å². The predicted molar refractivity (Wildman–Crippen MR) is 78.0 cm³/mol. The molecule has 0 bridgehead atoms. The molecule has 1 fully saturated rings. The molecule has 2 atom stereocenters. The summed E-state index contributed by atoms with van der Waals surface area (Å²) in [6.07, 6.45) is 7.74. The van der Waals surface area contributed by atoms with Gasteiger partial charge in [-0.05, 0) is 11.1 Å². The molecule has 0 aliphatic heterocycles. The summed E-state index contributed by atoms with van der Waals surface area (Å²) in [6, 6.07) is 7.91. The lowest BCUT2D eigenvalue weighted by molar-refractivity contribution is -0.148. The summed E-state index contributed by atoms with van der Waals surface area (Å²) in [7, 11) is 2.67. The highest BCUT2D eigenvalue weighted by Crippen LogP contribution is 2.63. The molecule has 1 aromatic carbocycles. The van der Waals surface area contributed by atoms with Crippen molar-refractivity contribution in [2.24, 2.45) is 17.3 Å². The summed E-state index contributed by atoms with van der Waals surface area (Å²) in [4.78, 5) is 23.9.